The maximum atomic E-state index is 5.42. The maximum Gasteiger partial charge on any atom is 0.0856 e. The molecule has 2 aliphatic carbocycles. The van der Waals surface area contributed by atoms with Gasteiger partial charge in [-0.2, -0.15) is 0 Å². The second-order valence-electron chi connectivity index (χ2n) is 16.6. The molecule has 9 aromatic rings. The summed E-state index contributed by atoms with van der Waals surface area (Å²) in [5.74, 6) is 0.628. The molecule has 0 radical (unpaired) electrons. The van der Waals surface area contributed by atoms with E-state index in [4.69, 9.17) is 4.98 Å². The topological polar surface area (TPSA) is 21.1 Å². The summed E-state index contributed by atoms with van der Waals surface area (Å²) < 4.78 is 2.55. The molecule has 0 saturated heterocycles. The summed E-state index contributed by atoms with van der Waals surface area (Å²) in [7, 11) is 0. The highest BCUT2D eigenvalue weighted by Gasteiger charge is 2.44. The minimum absolute atomic E-state index is 0.0640. The lowest BCUT2D eigenvalue weighted by molar-refractivity contribution is 0.618. The van der Waals surface area contributed by atoms with Gasteiger partial charge in [-0.3, -0.25) is 0 Å². The molecule has 3 heteroatoms. The number of rotatable bonds is 5. The van der Waals surface area contributed by atoms with Gasteiger partial charge in [-0.15, -0.1) is 0 Å². The lowest BCUT2D eigenvalue weighted by Crippen LogP contribution is -2.26. The van der Waals surface area contributed by atoms with Gasteiger partial charge in [-0.25, -0.2) is 4.98 Å². The van der Waals surface area contributed by atoms with Crippen LogP contribution in [0.1, 0.15) is 57.8 Å². The van der Waals surface area contributed by atoms with E-state index < -0.39 is 0 Å². The third kappa shape index (κ3) is 5.68. The Balaban J connectivity index is 1.00. The van der Waals surface area contributed by atoms with Crippen molar-refractivity contribution in [2.24, 2.45) is 0 Å². The van der Waals surface area contributed by atoms with Crippen LogP contribution < -0.4 is 4.90 Å². The van der Waals surface area contributed by atoms with E-state index in [9.17, 15) is 0 Å². The summed E-state index contributed by atoms with van der Waals surface area (Å²) in [6, 6.07) is 71.4. The molecule has 0 bridgehead atoms. The van der Waals surface area contributed by atoms with Crippen LogP contribution in [0.5, 0.6) is 0 Å². The van der Waals surface area contributed by atoms with Crippen LogP contribution in [0.3, 0.4) is 0 Å². The van der Waals surface area contributed by atoms with E-state index in [1.165, 1.54) is 66.9 Å². The lowest BCUT2D eigenvalue weighted by Gasteiger charge is -2.33. The Hall–Kier alpha value is -7.23. The molecular weight excluding hydrogens is 727 g/mol. The molecule has 1 aliphatic heterocycles. The Kier molecular flexibility index (Phi) is 8.26. The average Bonchev–Trinajstić information content (AvgIpc) is 3.84. The molecule has 0 spiro atoms. The first-order valence-electron chi connectivity index (χ1n) is 21.4. The number of fused-ring (bicyclic) bond motifs is 10. The van der Waals surface area contributed by atoms with Crippen LogP contribution in [-0.4, -0.2) is 9.55 Å². The van der Waals surface area contributed by atoms with E-state index in [-0.39, 0.29) is 12.0 Å². The predicted molar refractivity (Wildman–Crippen MR) is 248 cm³/mol. The van der Waals surface area contributed by atoms with Crippen molar-refractivity contribution < 1.29 is 0 Å². The smallest absolute Gasteiger partial charge is 0.0856 e. The standard InChI is InChI=1S/C57H43N3/c1-3-16-40(17-4-1)52-36-45(37-53(58-52)41-30-27-38(28-31-41)42-32-29-39-15-7-9-21-46(39)47-22-10-8-18-43(47)35-42)60-55-26-14-12-24-49(55)51-34-33-50-48-23-11-13-25-54(48)59(56(50)57(51)60)44-19-5-2-6-20-44/h1-28,30-31,33-34,36-37,42,50,56H,29,32,35H2. The molecule has 60 heavy (non-hydrogen) atoms. The van der Waals surface area contributed by atoms with Gasteiger partial charge in [0.15, 0.2) is 0 Å². The normalized spacial score (nSPS) is 17.5. The Morgan fingerprint density at radius 1 is 0.533 bits per heavy atom. The fourth-order valence-electron chi connectivity index (χ4n) is 10.5. The van der Waals surface area contributed by atoms with Crippen LogP contribution in [0.2, 0.25) is 0 Å². The fraction of sp³-hybridized carbons (Fsp3) is 0.105. The number of hydrogen-bond donors (Lipinski definition) is 0. The van der Waals surface area contributed by atoms with E-state index in [2.05, 4.69) is 216 Å². The van der Waals surface area contributed by atoms with Crippen LogP contribution in [0.4, 0.5) is 11.4 Å². The highest BCUT2D eigenvalue weighted by Crippen LogP contribution is 2.57. The summed E-state index contributed by atoms with van der Waals surface area (Å²) in [6.45, 7) is 0. The van der Waals surface area contributed by atoms with Crippen LogP contribution in [0.25, 0.3) is 56.3 Å². The molecule has 12 rings (SSSR count). The van der Waals surface area contributed by atoms with E-state index in [0.29, 0.717) is 5.92 Å². The van der Waals surface area contributed by atoms with Gasteiger partial charge in [-0.05, 0) is 95.0 Å². The van der Waals surface area contributed by atoms with E-state index in [1.807, 2.05) is 0 Å². The zero-order valence-corrected chi connectivity index (χ0v) is 33.3. The van der Waals surface area contributed by atoms with Gasteiger partial charge in [0.25, 0.3) is 0 Å². The van der Waals surface area contributed by atoms with Crippen molar-refractivity contribution in [3.8, 4) is 39.3 Å². The van der Waals surface area contributed by atoms with Gasteiger partial charge in [0.2, 0.25) is 0 Å². The molecule has 3 aliphatic rings. The van der Waals surface area contributed by atoms with E-state index >= 15 is 0 Å². The summed E-state index contributed by atoms with van der Waals surface area (Å²) in [5.41, 5.74) is 19.9. The zero-order chi connectivity index (χ0) is 39.6. The van der Waals surface area contributed by atoms with Gasteiger partial charge in [0.05, 0.1) is 34.3 Å². The van der Waals surface area contributed by atoms with Crippen LogP contribution >= 0.6 is 0 Å². The van der Waals surface area contributed by atoms with Gasteiger partial charge in [0, 0.05) is 39.4 Å². The summed E-state index contributed by atoms with van der Waals surface area (Å²) in [5, 5.41) is 1.26. The Labute approximate surface area is 351 Å². The van der Waals surface area contributed by atoms with E-state index in [0.717, 1.165) is 47.5 Å². The second-order valence-corrected chi connectivity index (χ2v) is 16.6. The number of benzene rings is 7. The predicted octanol–water partition coefficient (Wildman–Crippen LogP) is 14.3. The van der Waals surface area contributed by atoms with Crippen LogP contribution in [0.15, 0.2) is 200 Å². The Morgan fingerprint density at radius 2 is 1.17 bits per heavy atom. The van der Waals surface area contributed by atoms with Gasteiger partial charge < -0.3 is 9.47 Å². The molecule has 3 atom stereocenters. The average molecular weight is 770 g/mol. The van der Waals surface area contributed by atoms with Crippen molar-refractivity contribution in [3.63, 3.8) is 0 Å². The molecule has 0 N–H and O–H groups in total. The minimum atomic E-state index is 0.0640. The number of pyridine rings is 1. The highest BCUT2D eigenvalue weighted by molar-refractivity contribution is 5.96. The maximum absolute atomic E-state index is 5.42. The molecule has 286 valence electrons. The largest absolute Gasteiger partial charge is 0.331 e. The number of nitrogens with zero attached hydrogens (tertiary/aromatic N) is 3. The molecule has 7 aromatic carbocycles. The molecule has 0 fully saturated rings. The highest BCUT2D eigenvalue weighted by atomic mass is 15.2. The van der Waals surface area contributed by atoms with Crippen LogP contribution in [0, 0.1) is 0 Å². The van der Waals surface area contributed by atoms with Crippen molar-refractivity contribution in [2.45, 2.75) is 37.1 Å². The molecule has 0 saturated carbocycles. The van der Waals surface area contributed by atoms with E-state index in [1.54, 1.807) is 0 Å². The van der Waals surface area contributed by atoms with Crippen molar-refractivity contribution in [1.82, 2.24) is 9.55 Å². The van der Waals surface area contributed by atoms with Crippen molar-refractivity contribution in [3.05, 3.63) is 234 Å². The van der Waals surface area contributed by atoms with Gasteiger partial charge in [-0.1, -0.05) is 170 Å². The Morgan fingerprint density at radius 3 is 1.97 bits per heavy atom. The van der Waals surface area contributed by atoms with Crippen molar-refractivity contribution in [1.29, 1.82) is 0 Å². The summed E-state index contributed by atoms with van der Waals surface area (Å²) in [4.78, 5) is 8.00. The Bertz CT molecular complexity index is 3090. The first kappa shape index (κ1) is 34.8. The first-order chi connectivity index (χ1) is 29.8. The number of aryl methyl sites for hydroxylation is 1. The molecular formula is C57H43N3. The quantitative estimate of drug-likeness (QED) is 0.174. The SMILES string of the molecule is C1=CC2c3ccccc3N(c3ccccc3)C2c2c1c1ccccc1n2-c1cc(-c2ccccc2)nc(-c2ccc(C3CCc4ccccc4-c4ccccc4C3)cc2)c1. The van der Waals surface area contributed by atoms with Crippen molar-refractivity contribution in [2.75, 3.05) is 4.90 Å². The van der Waals surface area contributed by atoms with Crippen LogP contribution in [-0.2, 0) is 12.8 Å². The minimum Gasteiger partial charge on any atom is -0.331 e. The molecule has 2 aromatic heterocycles. The van der Waals surface area contributed by atoms with Gasteiger partial charge >= 0.3 is 0 Å². The first-order valence-corrected chi connectivity index (χ1v) is 21.4. The number of anilines is 2. The second kappa shape index (κ2) is 14.2. The molecule has 3 heterocycles. The zero-order valence-electron chi connectivity index (χ0n) is 33.3. The third-order valence-electron chi connectivity index (χ3n) is 13.3. The van der Waals surface area contributed by atoms with Gasteiger partial charge in [0.1, 0.15) is 0 Å². The fourth-order valence-corrected chi connectivity index (χ4v) is 10.5. The number of para-hydroxylation sites is 3. The third-order valence-corrected chi connectivity index (χ3v) is 13.3. The number of hydrogen-bond acceptors (Lipinski definition) is 2. The van der Waals surface area contributed by atoms with Crippen molar-refractivity contribution >= 4 is 28.4 Å². The molecule has 3 nitrogen and oxygen atoms in total. The molecule has 3 unspecified atom stereocenters. The molecule has 0 amide bonds. The lowest BCUT2D eigenvalue weighted by atomic mass is 9.80. The number of aromatic nitrogens is 2. The summed E-state index contributed by atoms with van der Waals surface area (Å²) >= 11 is 0. The summed E-state index contributed by atoms with van der Waals surface area (Å²) in [6.07, 6.45) is 8.03. The monoisotopic (exact) mass is 769 g/mol.